The second-order valence-electron chi connectivity index (χ2n) is 7.62. The number of rotatable bonds is 8. The molecule has 1 aliphatic rings. The van der Waals surface area contributed by atoms with E-state index in [-0.39, 0.29) is 22.0 Å². The summed E-state index contributed by atoms with van der Waals surface area (Å²) < 4.78 is 39.1. The second kappa shape index (κ2) is 9.05. The summed E-state index contributed by atoms with van der Waals surface area (Å²) in [4.78, 5) is 12.6. The molecule has 2 N–H and O–H groups in total. The molecule has 0 atom stereocenters. The number of sulfonamides is 1. The number of carbonyl (C=O) groups excluding carboxylic acids is 1. The molecule has 156 valence electrons. The fourth-order valence-electron chi connectivity index (χ4n) is 3.99. The number of halogens is 1. The molecule has 29 heavy (non-hydrogen) atoms. The van der Waals surface area contributed by atoms with Crippen molar-refractivity contribution < 1.29 is 17.6 Å². The van der Waals surface area contributed by atoms with Gasteiger partial charge in [-0.15, -0.1) is 0 Å². The van der Waals surface area contributed by atoms with Crippen molar-refractivity contribution in [3.63, 3.8) is 0 Å². The first kappa shape index (κ1) is 21.5. The van der Waals surface area contributed by atoms with Gasteiger partial charge in [-0.2, -0.15) is 0 Å². The van der Waals surface area contributed by atoms with Gasteiger partial charge in [-0.25, -0.2) is 17.5 Å². The zero-order valence-electron chi connectivity index (χ0n) is 16.6. The molecule has 2 aromatic rings. The van der Waals surface area contributed by atoms with E-state index in [1.165, 1.54) is 19.2 Å². The van der Waals surface area contributed by atoms with Crippen molar-refractivity contribution in [3.8, 4) is 0 Å². The van der Waals surface area contributed by atoms with Gasteiger partial charge in [-0.1, -0.05) is 37.1 Å². The Morgan fingerprint density at radius 1 is 1.03 bits per heavy atom. The summed E-state index contributed by atoms with van der Waals surface area (Å²) in [5.41, 5.74) is 1.87. The molecule has 0 radical (unpaired) electrons. The molecule has 0 bridgehead atoms. The van der Waals surface area contributed by atoms with Gasteiger partial charge in [0.1, 0.15) is 5.82 Å². The van der Waals surface area contributed by atoms with E-state index in [1.807, 2.05) is 12.1 Å². The van der Waals surface area contributed by atoms with Crippen molar-refractivity contribution in [2.24, 2.45) is 0 Å². The van der Waals surface area contributed by atoms with Gasteiger partial charge in [0, 0.05) is 18.4 Å². The second-order valence-corrected chi connectivity index (χ2v) is 9.51. The van der Waals surface area contributed by atoms with E-state index in [0.29, 0.717) is 19.4 Å². The topological polar surface area (TPSA) is 75.3 Å². The van der Waals surface area contributed by atoms with Gasteiger partial charge in [0.25, 0.3) is 0 Å². The van der Waals surface area contributed by atoms with Gasteiger partial charge >= 0.3 is 0 Å². The summed E-state index contributed by atoms with van der Waals surface area (Å²) in [6, 6.07) is 13.2. The van der Waals surface area contributed by atoms with E-state index in [1.54, 1.807) is 24.3 Å². The Labute approximate surface area is 171 Å². The van der Waals surface area contributed by atoms with Crippen LogP contribution >= 0.6 is 0 Å². The molecule has 0 aliphatic heterocycles. The SMILES string of the molecule is CNS(=O)(=O)c1ccc(CCC(=O)NCC2(c3ccc(F)cc3)CCCC2)cc1. The van der Waals surface area contributed by atoms with Crippen molar-refractivity contribution in [3.05, 3.63) is 65.5 Å². The predicted molar refractivity (Wildman–Crippen MR) is 111 cm³/mol. The molecule has 0 spiro atoms. The van der Waals surface area contributed by atoms with Crippen molar-refractivity contribution in [2.75, 3.05) is 13.6 Å². The molecule has 7 heteroatoms. The highest BCUT2D eigenvalue weighted by atomic mass is 32.2. The van der Waals surface area contributed by atoms with Crippen LogP contribution in [0.2, 0.25) is 0 Å². The van der Waals surface area contributed by atoms with Crippen LogP contribution in [0.3, 0.4) is 0 Å². The van der Waals surface area contributed by atoms with Crippen LogP contribution in [0.25, 0.3) is 0 Å². The molecule has 5 nitrogen and oxygen atoms in total. The quantitative estimate of drug-likeness (QED) is 0.691. The van der Waals surface area contributed by atoms with E-state index >= 15 is 0 Å². The largest absolute Gasteiger partial charge is 0.355 e. The standard InChI is InChI=1S/C22H27FN2O3S/c1-24-29(27,28)20-11-4-17(5-12-20)6-13-21(26)25-16-22(14-2-3-15-22)18-7-9-19(23)10-8-18/h4-5,7-12,24H,2-3,6,13-16H2,1H3,(H,25,26). The Morgan fingerprint density at radius 2 is 1.66 bits per heavy atom. The maximum absolute atomic E-state index is 13.3. The number of carbonyl (C=O) groups is 1. The minimum Gasteiger partial charge on any atom is -0.355 e. The summed E-state index contributed by atoms with van der Waals surface area (Å²) in [6.45, 7) is 0.552. The molecule has 1 amide bonds. The third-order valence-corrected chi connectivity index (χ3v) is 7.21. The Balaban J connectivity index is 1.56. The number of hydrogen-bond donors (Lipinski definition) is 2. The van der Waals surface area contributed by atoms with Crippen LogP contribution in [0.5, 0.6) is 0 Å². The average Bonchev–Trinajstić information content (AvgIpc) is 3.21. The van der Waals surface area contributed by atoms with Crippen LogP contribution in [-0.4, -0.2) is 27.9 Å². The Kier molecular flexibility index (Phi) is 6.70. The normalized spacial score (nSPS) is 15.9. The third-order valence-electron chi connectivity index (χ3n) is 5.78. The van der Waals surface area contributed by atoms with Crippen molar-refractivity contribution in [1.82, 2.24) is 10.0 Å². The average molecular weight is 419 g/mol. The first-order chi connectivity index (χ1) is 13.8. The van der Waals surface area contributed by atoms with Crippen LogP contribution in [0.15, 0.2) is 53.4 Å². The monoisotopic (exact) mass is 418 g/mol. The van der Waals surface area contributed by atoms with Crippen molar-refractivity contribution in [2.45, 2.75) is 48.8 Å². The molecular formula is C22H27FN2O3S. The van der Waals surface area contributed by atoms with Crippen LogP contribution in [0.1, 0.15) is 43.2 Å². The molecule has 0 aromatic heterocycles. The Morgan fingerprint density at radius 3 is 2.24 bits per heavy atom. The fourth-order valence-corrected chi connectivity index (χ4v) is 4.72. The summed E-state index contributed by atoms with van der Waals surface area (Å²) >= 11 is 0. The zero-order chi connectivity index (χ0) is 20.9. The molecule has 1 saturated carbocycles. The van der Waals surface area contributed by atoms with E-state index < -0.39 is 10.0 Å². The van der Waals surface area contributed by atoms with Gasteiger partial charge in [0.05, 0.1) is 4.90 Å². The number of benzene rings is 2. The van der Waals surface area contributed by atoms with Crippen LogP contribution in [0.4, 0.5) is 4.39 Å². The molecule has 0 unspecified atom stereocenters. The lowest BCUT2D eigenvalue weighted by Gasteiger charge is -2.30. The lowest BCUT2D eigenvalue weighted by atomic mass is 9.78. The number of amides is 1. The summed E-state index contributed by atoms with van der Waals surface area (Å²) in [7, 11) is -2.08. The van der Waals surface area contributed by atoms with E-state index in [4.69, 9.17) is 0 Å². The summed E-state index contributed by atoms with van der Waals surface area (Å²) in [5, 5.41) is 3.05. The van der Waals surface area contributed by atoms with E-state index in [9.17, 15) is 17.6 Å². The lowest BCUT2D eigenvalue weighted by Crippen LogP contribution is -2.39. The molecule has 0 heterocycles. The highest BCUT2D eigenvalue weighted by Crippen LogP contribution is 2.40. The minimum atomic E-state index is -3.45. The number of nitrogens with one attached hydrogen (secondary N) is 2. The lowest BCUT2D eigenvalue weighted by molar-refractivity contribution is -0.121. The molecule has 0 saturated heterocycles. The molecular weight excluding hydrogens is 391 g/mol. The van der Waals surface area contributed by atoms with Gasteiger partial charge in [0.15, 0.2) is 0 Å². The van der Waals surface area contributed by atoms with Gasteiger partial charge in [-0.05, 0) is 61.7 Å². The molecule has 2 aromatic carbocycles. The minimum absolute atomic E-state index is 0.0368. The molecule has 1 fully saturated rings. The summed E-state index contributed by atoms with van der Waals surface area (Å²) in [5.74, 6) is -0.287. The third kappa shape index (κ3) is 5.22. The first-order valence-corrected chi connectivity index (χ1v) is 11.4. The van der Waals surface area contributed by atoms with Gasteiger partial charge in [0.2, 0.25) is 15.9 Å². The van der Waals surface area contributed by atoms with Crippen LogP contribution in [0, 0.1) is 5.82 Å². The Hall–Kier alpha value is -2.25. The van der Waals surface area contributed by atoms with Crippen LogP contribution < -0.4 is 10.0 Å². The molecule has 1 aliphatic carbocycles. The van der Waals surface area contributed by atoms with Crippen LogP contribution in [-0.2, 0) is 26.7 Å². The maximum Gasteiger partial charge on any atom is 0.240 e. The first-order valence-electron chi connectivity index (χ1n) is 9.90. The smallest absolute Gasteiger partial charge is 0.240 e. The van der Waals surface area contributed by atoms with Gasteiger partial charge in [-0.3, -0.25) is 4.79 Å². The van der Waals surface area contributed by atoms with E-state index in [2.05, 4.69) is 10.0 Å². The fraction of sp³-hybridized carbons (Fsp3) is 0.409. The van der Waals surface area contributed by atoms with Crippen molar-refractivity contribution >= 4 is 15.9 Å². The zero-order valence-corrected chi connectivity index (χ0v) is 17.4. The highest BCUT2D eigenvalue weighted by molar-refractivity contribution is 7.89. The highest BCUT2D eigenvalue weighted by Gasteiger charge is 2.35. The van der Waals surface area contributed by atoms with Gasteiger partial charge < -0.3 is 5.32 Å². The predicted octanol–water partition coefficient (Wildman–Crippen LogP) is 3.29. The van der Waals surface area contributed by atoms with Crippen molar-refractivity contribution in [1.29, 1.82) is 0 Å². The Bertz CT molecular complexity index is 935. The number of hydrogen-bond acceptors (Lipinski definition) is 3. The maximum atomic E-state index is 13.3. The molecule has 3 rings (SSSR count). The number of aryl methyl sites for hydroxylation is 1. The van der Waals surface area contributed by atoms with E-state index in [0.717, 1.165) is 36.8 Å². The summed E-state index contributed by atoms with van der Waals surface area (Å²) in [6.07, 6.45) is 5.05.